The number of benzene rings is 2. The summed E-state index contributed by atoms with van der Waals surface area (Å²) >= 11 is 0. The number of rotatable bonds is 3. The van der Waals surface area contributed by atoms with Crippen LogP contribution in [-0.2, 0) is 16.6 Å². The minimum atomic E-state index is -3.75. The summed E-state index contributed by atoms with van der Waals surface area (Å²) in [7, 11) is -3.75. The monoisotopic (exact) mass is 263 g/mol. The predicted molar refractivity (Wildman–Crippen MR) is 69.2 cm³/mol. The van der Waals surface area contributed by atoms with Crippen molar-refractivity contribution >= 4 is 10.0 Å². The smallest absolute Gasteiger partial charge is 0.238 e. The number of hydrogen-bond donors (Lipinski definition) is 2. The van der Waals surface area contributed by atoms with Crippen LogP contribution in [-0.4, -0.2) is 13.5 Å². The second kappa shape index (κ2) is 4.89. The molecule has 0 saturated carbocycles. The van der Waals surface area contributed by atoms with Crippen molar-refractivity contribution in [3.63, 3.8) is 0 Å². The fourth-order valence-corrected chi connectivity index (χ4v) is 2.34. The standard InChI is InChI=1S/C13H13NO3S/c14-18(16,17)12-6-7-13(11(8-12)9-15)10-4-2-1-3-5-10/h1-8,15H,9H2,(H2,14,16,17). The highest BCUT2D eigenvalue weighted by Gasteiger charge is 2.11. The summed E-state index contributed by atoms with van der Waals surface area (Å²) in [6.45, 7) is -0.242. The van der Waals surface area contributed by atoms with E-state index >= 15 is 0 Å². The van der Waals surface area contributed by atoms with Crippen molar-refractivity contribution in [2.45, 2.75) is 11.5 Å². The van der Waals surface area contributed by atoms with Crippen molar-refractivity contribution in [2.24, 2.45) is 5.14 Å². The molecule has 0 saturated heterocycles. The Bertz CT molecular complexity index is 651. The molecule has 94 valence electrons. The number of nitrogens with two attached hydrogens (primary N) is 1. The third-order valence-corrected chi connectivity index (χ3v) is 3.57. The van der Waals surface area contributed by atoms with Crippen LogP contribution in [0.15, 0.2) is 53.4 Å². The van der Waals surface area contributed by atoms with Gasteiger partial charge in [-0.2, -0.15) is 0 Å². The molecule has 0 aromatic heterocycles. The number of hydrogen-bond acceptors (Lipinski definition) is 3. The third-order valence-electron chi connectivity index (χ3n) is 2.66. The zero-order chi connectivity index (χ0) is 13.2. The fraction of sp³-hybridized carbons (Fsp3) is 0.0769. The lowest BCUT2D eigenvalue weighted by Crippen LogP contribution is -2.12. The van der Waals surface area contributed by atoms with E-state index in [2.05, 4.69) is 0 Å². The van der Waals surface area contributed by atoms with Gasteiger partial charge >= 0.3 is 0 Å². The van der Waals surface area contributed by atoms with Crippen molar-refractivity contribution in [1.29, 1.82) is 0 Å². The summed E-state index contributed by atoms with van der Waals surface area (Å²) in [5.41, 5.74) is 2.25. The number of aliphatic hydroxyl groups is 1. The van der Waals surface area contributed by atoms with E-state index in [9.17, 15) is 13.5 Å². The summed E-state index contributed by atoms with van der Waals surface area (Å²) in [5.74, 6) is 0. The van der Waals surface area contributed by atoms with E-state index in [1.54, 1.807) is 6.07 Å². The topological polar surface area (TPSA) is 80.4 Å². The van der Waals surface area contributed by atoms with Gasteiger partial charge in [-0.25, -0.2) is 13.6 Å². The van der Waals surface area contributed by atoms with Crippen molar-refractivity contribution in [1.82, 2.24) is 0 Å². The Labute approximate surface area is 106 Å². The van der Waals surface area contributed by atoms with Crippen LogP contribution < -0.4 is 5.14 Å². The molecule has 2 rings (SSSR count). The normalized spacial score (nSPS) is 11.4. The molecule has 0 spiro atoms. The van der Waals surface area contributed by atoms with Crippen LogP contribution >= 0.6 is 0 Å². The van der Waals surface area contributed by atoms with Gasteiger partial charge in [-0.1, -0.05) is 36.4 Å². The first-order valence-electron chi connectivity index (χ1n) is 5.34. The molecule has 0 heterocycles. The molecule has 0 aliphatic carbocycles. The second-order valence-corrected chi connectivity index (χ2v) is 5.45. The first-order valence-corrected chi connectivity index (χ1v) is 6.89. The summed E-state index contributed by atoms with van der Waals surface area (Å²) in [5, 5.41) is 14.4. The molecular weight excluding hydrogens is 250 g/mol. The molecule has 2 aromatic rings. The van der Waals surface area contributed by atoms with Crippen LogP contribution in [0.2, 0.25) is 0 Å². The summed E-state index contributed by atoms with van der Waals surface area (Å²) in [4.78, 5) is 0.00577. The largest absolute Gasteiger partial charge is 0.392 e. The van der Waals surface area contributed by atoms with Crippen LogP contribution in [0.3, 0.4) is 0 Å². The SMILES string of the molecule is NS(=O)(=O)c1ccc(-c2ccccc2)c(CO)c1. The molecule has 0 amide bonds. The van der Waals surface area contributed by atoms with Crippen molar-refractivity contribution in [2.75, 3.05) is 0 Å². The number of primary sulfonamides is 1. The molecule has 0 radical (unpaired) electrons. The molecule has 0 bridgehead atoms. The molecule has 0 aliphatic rings. The van der Waals surface area contributed by atoms with Gasteiger partial charge in [-0.05, 0) is 28.8 Å². The van der Waals surface area contributed by atoms with Gasteiger partial charge in [-0.15, -0.1) is 0 Å². The molecule has 0 atom stereocenters. The Morgan fingerprint density at radius 2 is 1.72 bits per heavy atom. The molecule has 0 unspecified atom stereocenters. The van der Waals surface area contributed by atoms with Gasteiger partial charge in [0.05, 0.1) is 11.5 Å². The summed E-state index contributed by atoms with van der Waals surface area (Å²) in [6.07, 6.45) is 0. The van der Waals surface area contributed by atoms with Gasteiger partial charge in [0.25, 0.3) is 0 Å². The van der Waals surface area contributed by atoms with E-state index in [1.807, 2.05) is 30.3 Å². The van der Waals surface area contributed by atoms with E-state index in [1.165, 1.54) is 12.1 Å². The van der Waals surface area contributed by atoms with E-state index in [0.29, 0.717) is 5.56 Å². The van der Waals surface area contributed by atoms with Gasteiger partial charge in [0.2, 0.25) is 10.0 Å². The average Bonchev–Trinajstić information content (AvgIpc) is 2.38. The van der Waals surface area contributed by atoms with Crippen LogP contribution in [0, 0.1) is 0 Å². The lowest BCUT2D eigenvalue weighted by atomic mass is 10.0. The fourth-order valence-electron chi connectivity index (χ4n) is 1.78. The zero-order valence-corrected chi connectivity index (χ0v) is 10.4. The quantitative estimate of drug-likeness (QED) is 0.880. The molecule has 0 aliphatic heterocycles. The third kappa shape index (κ3) is 2.59. The molecular formula is C13H13NO3S. The zero-order valence-electron chi connectivity index (χ0n) is 9.58. The predicted octanol–water partition coefficient (Wildman–Crippen LogP) is 1.49. The summed E-state index contributed by atoms with van der Waals surface area (Å²) < 4.78 is 22.5. The van der Waals surface area contributed by atoms with Crippen molar-refractivity contribution in [3.05, 3.63) is 54.1 Å². The van der Waals surface area contributed by atoms with Gasteiger partial charge in [0, 0.05) is 0 Å². The van der Waals surface area contributed by atoms with Crippen LogP contribution in [0.1, 0.15) is 5.56 Å². The van der Waals surface area contributed by atoms with Crippen molar-refractivity contribution in [3.8, 4) is 11.1 Å². The lowest BCUT2D eigenvalue weighted by molar-refractivity contribution is 0.282. The Balaban J connectivity index is 2.58. The Morgan fingerprint density at radius 1 is 1.06 bits per heavy atom. The summed E-state index contributed by atoms with van der Waals surface area (Å²) in [6, 6.07) is 13.9. The van der Waals surface area contributed by atoms with E-state index in [-0.39, 0.29) is 11.5 Å². The van der Waals surface area contributed by atoms with Crippen molar-refractivity contribution < 1.29 is 13.5 Å². The van der Waals surface area contributed by atoms with Gasteiger partial charge in [0.15, 0.2) is 0 Å². The Morgan fingerprint density at radius 3 is 2.28 bits per heavy atom. The highest BCUT2D eigenvalue weighted by atomic mass is 32.2. The molecule has 4 nitrogen and oxygen atoms in total. The minimum Gasteiger partial charge on any atom is -0.392 e. The van der Waals surface area contributed by atoms with Gasteiger partial charge in [0.1, 0.15) is 0 Å². The molecule has 0 fully saturated rings. The highest BCUT2D eigenvalue weighted by molar-refractivity contribution is 7.89. The highest BCUT2D eigenvalue weighted by Crippen LogP contribution is 2.25. The van der Waals surface area contributed by atoms with Crippen LogP contribution in [0.4, 0.5) is 0 Å². The first kappa shape index (κ1) is 12.8. The van der Waals surface area contributed by atoms with E-state index in [0.717, 1.165) is 11.1 Å². The maximum Gasteiger partial charge on any atom is 0.238 e. The van der Waals surface area contributed by atoms with Crippen LogP contribution in [0.25, 0.3) is 11.1 Å². The van der Waals surface area contributed by atoms with E-state index in [4.69, 9.17) is 5.14 Å². The second-order valence-electron chi connectivity index (χ2n) is 3.89. The first-order chi connectivity index (χ1) is 8.52. The van der Waals surface area contributed by atoms with Gasteiger partial charge in [-0.3, -0.25) is 0 Å². The maximum atomic E-state index is 11.2. The maximum absolute atomic E-state index is 11.2. The Kier molecular flexibility index (Phi) is 3.47. The molecule has 5 heteroatoms. The average molecular weight is 263 g/mol. The Hall–Kier alpha value is -1.69. The minimum absolute atomic E-state index is 0.00577. The van der Waals surface area contributed by atoms with E-state index < -0.39 is 10.0 Å². The molecule has 18 heavy (non-hydrogen) atoms. The number of aliphatic hydroxyl groups excluding tert-OH is 1. The van der Waals surface area contributed by atoms with Crippen LogP contribution in [0.5, 0.6) is 0 Å². The molecule has 3 N–H and O–H groups in total. The number of sulfonamides is 1. The molecule has 2 aromatic carbocycles. The van der Waals surface area contributed by atoms with Gasteiger partial charge < -0.3 is 5.11 Å². The lowest BCUT2D eigenvalue weighted by Gasteiger charge is -2.09.